The number of thiol groups is 1. The molecule has 1 rings (SSSR count). The van der Waals surface area contributed by atoms with Crippen LogP contribution in [0, 0.1) is 24.1 Å². The average molecular weight is 256 g/mol. The first-order chi connectivity index (χ1) is 7.86. The Balaban J connectivity index is 2.70. The molecule has 0 spiro atoms. The lowest BCUT2D eigenvalue weighted by molar-refractivity contribution is 0.161. The number of ether oxygens (including phenoxy) is 1. The minimum absolute atomic E-state index is 0.113. The SMILES string of the molecule is Cc1cccc(OCC(CS)C(C)(C)C)c1F. The third-order valence-corrected chi connectivity index (χ3v) is 3.48. The molecule has 0 bridgehead atoms. The van der Waals surface area contributed by atoms with Crippen molar-refractivity contribution in [1.82, 2.24) is 0 Å². The Bertz CT molecular complexity index is 371. The van der Waals surface area contributed by atoms with Gasteiger partial charge in [-0.25, -0.2) is 4.39 Å². The van der Waals surface area contributed by atoms with Crippen LogP contribution in [-0.4, -0.2) is 12.4 Å². The van der Waals surface area contributed by atoms with Gasteiger partial charge in [0.1, 0.15) is 0 Å². The fourth-order valence-electron chi connectivity index (χ4n) is 1.50. The summed E-state index contributed by atoms with van der Waals surface area (Å²) >= 11 is 4.33. The topological polar surface area (TPSA) is 9.23 Å². The second-order valence-corrected chi connectivity index (χ2v) is 5.81. The van der Waals surface area contributed by atoms with Gasteiger partial charge in [-0.1, -0.05) is 32.9 Å². The summed E-state index contributed by atoms with van der Waals surface area (Å²) in [7, 11) is 0. The molecule has 96 valence electrons. The Morgan fingerprint density at radius 2 is 2.00 bits per heavy atom. The lowest BCUT2D eigenvalue weighted by Gasteiger charge is -2.29. The van der Waals surface area contributed by atoms with Crippen molar-refractivity contribution in [3.63, 3.8) is 0 Å². The lowest BCUT2D eigenvalue weighted by Crippen LogP contribution is -2.28. The third-order valence-electron chi connectivity index (χ3n) is 3.04. The Hall–Kier alpha value is -0.700. The van der Waals surface area contributed by atoms with Crippen molar-refractivity contribution in [2.45, 2.75) is 27.7 Å². The zero-order valence-electron chi connectivity index (χ0n) is 11.0. The van der Waals surface area contributed by atoms with Gasteiger partial charge in [0, 0.05) is 5.92 Å². The van der Waals surface area contributed by atoms with Crippen molar-refractivity contribution >= 4 is 12.6 Å². The fourth-order valence-corrected chi connectivity index (χ4v) is 2.15. The van der Waals surface area contributed by atoms with Crippen molar-refractivity contribution < 1.29 is 9.13 Å². The van der Waals surface area contributed by atoms with Gasteiger partial charge < -0.3 is 4.74 Å². The van der Waals surface area contributed by atoms with Crippen molar-refractivity contribution in [3.8, 4) is 5.75 Å². The number of hydrogen-bond acceptors (Lipinski definition) is 2. The first kappa shape index (κ1) is 14.4. The van der Waals surface area contributed by atoms with E-state index in [1.54, 1.807) is 25.1 Å². The monoisotopic (exact) mass is 256 g/mol. The van der Waals surface area contributed by atoms with Gasteiger partial charge in [0.2, 0.25) is 0 Å². The minimum atomic E-state index is -0.265. The molecule has 0 N–H and O–H groups in total. The van der Waals surface area contributed by atoms with Gasteiger partial charge in [0.25, 0.3) is 0 Å². The van der Waals surface area contributed by atoms with E-state index in [1.807, 2.05) is 0 Å². The predicted octanol–water partition coefficient (Wildman–Crippen LogP) is 4.11. The Labute approximate surface area is 109 Å². The number of halogens is 1. The lowest BCUT2D eigenvalue weighted by atomic mass is 9.82. The van der Waals surface area contributed by atoms with E-state index in [0.29, 0.717) is 23.8 Å². The van der Waals surface area contributed by atoms with Crippen LogP contribution in [-0.2, 0) is 0 Å². The maximum atomic E-state index is 13.7. The van der Waals surface area contributed by atoms with Gasteiger partial charge in [-0.05, 0) is 29.7 Å². The number of aryl methyl sites for hydroxylation is 1. The molecule has 0 saturated carbocycles. The molecule has 1 unspecified atom stereocenters. The van der Waals surface area contributed by atoms with E-state index in [9.17, 15) is 4.39 Å². The maximum absolute atomic E-state index is 13.7. The molecule has 0 aromatic heterocycles. The molecule has 1 atom stereocenters. The Morgan fingerprint density at radius 3 is 2.53 bits per heavy atom. The van der Waals surface area contributed by atoms with Crippen molar-refractivity contribution in [1.29, 1.82) is 0 Å². The smallest absolute Gasteiger partial charge is 0.167 e. The molecule has 0 amide bonds. The molecule has 0 radical (unpaired) electrons. The second-order valence-electron chi connectivity index (χ2n) is 5.44. The molecule has 17 heavy (non-hydrogen) atoms. The van der Waals surface area contributed by atoms with E-state index >= 15 is 0 Å². The van der Waals surface area contributed by atoms with E-state index in [-0.39, 0.29) is 11.2 Å². The third kappa shape index (κ3) is 3.91. The molecule has 0 aliphatic rings. The van der Waals surface area contributed by atoms with Crippen molar-refractivity contribution in [3.05, 3.63) is 29.6 Å². The van der Waals surface area contributed by atoms with Crippen LogP contribution in [0.1, 0.15) is 26.3 Å². The van der Waals surface area contributed by atoms with Crippen LogP contribution >= 0.6 is 12.6 Å². The number of rotatable bonds is 4. The molecule has 3 heteroatoms. The van der Waals surface area contributed by atoms with Crippen LogP contribution in [0.3, 0.4) is 0 Å². The standard InChI is InChI=1S/C14H21FOS/c1-10-6-5-7-12(13(10)15)16-8-11(9-17)14(2,3)4/h5-7,11,17H,8-9H2,1-4H3. The molecule has 0 saturated heterocycles. The fraction of sp³-hybridized carbons (Fsp3) is 0.571. The van der Waals surface area contributed by atoms with Gasteiger partial charge in [0.05, 0.1) is 6.61 Å². The highest BCUT2D eigenvalue weighted by atomic mass is 32.1. The summed E-state index contributed by atoms with van der Waals surface area (Å²) in [6, 6.07) is 5.21. The van der Waals surface area contributed by atoms with E-state index in [1.165, 1.54) is 0 Å². The highest BCUT2D eigenvalue weighted by Crippen LogP contribution is 2.28. The van der Waals surface area contributed by atoms with Gasteiger partial charge in [-0.15, -0.1) is 0 Å². The molecular formula is C14H21FOS. The molecule has 1 aromatic carbocycles. The molecule has 1 aromatic rings. The largest absolute Gasteiger partial charge is 0.490 e. The maximum Gasteiger partial charge on any atom is 0.167 e. The summed E-state index contributed by atoms with van der Waals surface area (Å²) < 4.78 is 19.3. The van der Waals surface area contributed by atoms with Gasteiger partial charge in [0.15, 0.2) is 11.6 Å². The van der Waals surface area contributed by atoms with Crippen LogP contribution in [0.25, 0.3) is 0 Å². The van der Waals surface area contributed by atoms with Gasteiger partial charge >= 0.3 is 0 Å². The zero-order valence-corrected chi connectivity index (χ0v) is 11.9. The van der Waals surface area contributed by atoms with Crippen LogP contribution < -0.4 is 4.74 Å². The average Bonchev–Trinajstić information content (AvgIpc) is 2.23. The summed E-state index contributed by atoms with van der Waals surface area (Å²) in [5, 5.41) is 0. The van der Waals surface area contributed by atoms with Gasteiger partial charge in [-0.3, -0.25) is 0 Å². The van der Waals surface area contributed by atoms with Crippen molar-refractivity contribution in [2.24, 2.45) is 11.3 Å². The summed E-state index contributed by atoms with van der Waals surface area (Å²) in [6.45, 7) is 8.66. The second kappa shape index (κ2) is 5.76. The van der Waals surface area contributed by atoms with E-state index < -0.39 is 0 Å². The van der Waals surface area contributed by atoms with Crippen LogP contribution in [0.2, 0.25) is 0 Å². The molecule has 0 aliphatic carbocycles. The molecule has 0 aliphatic heterocycles. The highest BCUT2D eigenvalue weighted by molar-refractivity contribution is 7.80. The minimum Gasteiger partial charge on any atom is -0.490 e. The number of hydrogen-bond donors (Lipinski definition) is 1. The normalized spacial score (nSPS) is 13.5. The van der Waals surface area contributed by atoms with Crippen LogP contribution in [0.4, 0.5) is 4.39 Å². The first-order valence-electron chi connectivity index (χ1n) is 5.85. The number of benzene rings is 1. The van der Waals surface area contributed by atoms with Crippen molar-refractivity contribution in [2.75, 3.05) is 12.4 Å². The van der Waals surface area contributed by atoms with E-state index in [4.69, 9.17) is 4.74 Å². The first-order valence-corrected chi connectivity index (χ1v) is 6.48. The van der Waals surface area contributed by atoms with Crippen LogP contribution in [0.5, 0.6) is 5.75 Å². The quantitative estimate of drug-likeness (QED) is 0.798. The Kier molecular flexibility index (Phi) is 4.87. The summed E-state index contributed by atoms with van der Waals surface area (Å²) in [5.41, 5.74) is 0.725. The predicted molar refractivity (Wildman–Crippen MR) is 73.4 cm³/mol. The summed E-state index contributed by atoms with van der Waals surface area (Å²) in [5.74, 6) is 1.10. The highest BCUT2D eigenvalue weighted by Gasteiger charge is 2.24. The van der Waals surface area contributed by atoms with Crippen LogP contribution in [0.15, 0.2) is 18.2 Å². The molecule has 0 fully saturated rings. The molecule has 0 heterocycles. The molecular weight excluding hydrogens is 235 g/mol. The summed E-state index contributed by atoms with van der Waals surface area (Å²) in [6.07, 6.45) is 0. The van der Waals surface area contributed by atoms with Gasteiger partial charge in [-0.2, -0.15) is 12.6 Å². The van der Waals surface area contributed by atoms with E-state index in [2.05, 4.69) is 33.4 Å². The van der Waals surface area contributed by atoms with E-state index in [0.717, 1.165) is 5.75 Å². The summed E-state index contributed by atoms with van der Waals surface area (Å²) in [4.78, 5) is 0. The Morgan fingerprint density at radius 1 is 1.35 bits per heavy atom. The molecule has 1 nitrogen and oxygen atoms in total. The zero-order chi connectivity index (χ0) is 13.1.